The molecule has 1 fully saturated rings. The largest absolute Gasteiger partial charge is 0.508 e. The molecular formula is C13H17FN2O3. The van der Waals surface area contributed by atoms with Gasteiger partial charge >= 0.3 is 0 Å². The van der Waals surface area contributed by atoms with E-state index in [1.54, 1.807) is 4.90 Å². The number of phenolic OH excluding ortho intramolecular Hbond substituents is 1. The number of carbonyl (C=O) groups is 1. The summed E-state index contributed by atoms with van der Waals surface area (Å²) in [6, 6.07) is 3.37. The number of aromatic hydroxyl groups is 1. The van der Waals surface area contributed by atoms with Crippen molar-refractivity contribution in [1.82, 2.24) is 4.90 Å². The first-order valence-electron chi connectivity index (χ1n) is 6.14. The molecule has 0 saturated carbocycles. The van der Waals surface area contributed by atoms with Crippen molar-refractivity contribution in [3.8, 4) is 5.75 Å². The zero-order valence-electron chi connectivity index (χ0n) is 10.7. The topological polar surface area (TPSA) is 75.8 Å². The van der Waals surface area contributed by atoms with Crippen LogP contribution in [0.3, 0.4) is 0 Å². The number of halogens is 1. The van der Waals surface area contributed by atoms with Gasteiger partial charge in [0.2, 0.25) is 0 Å². The highest BCUT2D eigenvalue weighted by molar-refractivity contribution is 5.95. The SMILES string of the molecule is CC1COC(CN)CN1C(=O)c1ccc(O)cc1F. The van der Waals surface area contributed by atoms with E-state index in [0.717, 1.165) is 6.07 Å². The number of hydrogen-bond acceptors (Lipinski definition) is 4. The van der Waals surface area contributed by atoms with Crippen LogP contribution >= 0.6 is 0 Å². The van der Waals surface area contributed by atoms with Gasteiger partial charge in [-0.25, -0.2) is 4.39 Å². The minimum atomic E-state index is -0.729. The minimum absolute atomic E-state index is 0.0534. The number of rotatable bonds is 2. The lowest BCUT2D eigenvalue weighted by atomic mass is 10.1. The van der Waals surface area contributed by atoms with E-state index >= 15 is 0 Å². The molecule has 1 amide bonds. The van der Waals surface area contributed by atoms with Crippen molar-refractivity contribution in [3.05, 3.63) is 29.6 Å². The first-order valence-corrected chi connectivity index (χ1v) is 6.14. The maximum absolute atomic E-state index is 13.7. The predicted octanol–water partition coefficient (Wildman–Crippen LogP) is 0.720. The average molecular weight is 268 g/mol. The number of nitrogens with two attached hydrogens (primary N) is 1. The van der Waals surface area contributed by atoms with E-state index in [0.29, 0.717) is 19.7 Å². The molecule has 0 bridgehead atoms. The quantitative estimate of drug-likeness (QED) is 0.828. The van der Waals surface area contributed by atoms with Gasteiger partial charge in [-0.3, -0.25) is 4.79 Å². The van der Waals surface area contributed by atoms with Crippen molar-refractivity contribution < 1.29 is 19.0 Å². The number of amides is 1. The Labute approximate surface area is 110 Å². The van der Waals surface area contributed by atoms with E-state index in [-0.39, 0.29) is 23.5 Å². The van der Waals surface area contributed by atoms with Crippen molar-refractivity contribution in [2.75, 3.05) is 19.7 Å². The number of phenols is 1. The predicted molar refractivity (Wildman–Crippen MR) is 67.4 cm³/mol. The Kier molecular flexibility index (Phi) is 4.01. The number of hydrogen-bond donors (Lipinski definition) is 2. The van der Waals surface area contributed by atoms with E-state index < -0.39 is 11.7 Å². The summed E-state index contributed by atoms with van der Waals surface area (Å²) in [7, 11) is 0. The van der Waals surface area contributed by atoms with Gasteiger partial charge in [0.25, 0.3) is 5.91 Å². The summed E-state index contributed by atoms with van der Waals surface area (Å²) in [5.74, 6) is -1.34. The third kappa shape index (κ3) is 2.85. The monoisotopic (exact) mass is 268 g/mol. The van der Waals surface area contributed by atoms with Crippen LogP contribution in [0.15, 0.2) is 18.2 Å². The molecule has 0 radical (unpaired) electrons. The molecule has 0 spiro atoms. The lowest BCUT2D eigenvalue weighted by Crippen LogP contribution is -2.53. The fourth-order valence-corrected chi connectivity index (χ4v) is 2.08. The van der Waals surface area contributed by atoms with E-state index in [9.17, 15) is 9.18 Å². The Hall–Kier alpha value is -1.66. The Bertz CT molecular complexity index is 481. The summed E-state index contributed by atoms with van der Waals surface area (Å²) in [5.41, 5.74) is 5.48. The molecule has 1 aromatic carbocycles. The van der Waals surface area contributed by atoms with Crippen LogP contribution in [0.5, 0.6) is 5.75 Å². The summed E-state index contributed by atoms with van der Waals surface area (Å²) in [6.07, 6.45) is -0.222. The molecule has 1 saturated heterocycles. The van der Waals surface area contributed by atoms with Gasteiger partial charge in [-0.2, -0.15) is 0 Å². The van der Waals surface area contributed by atoms with Crippen LogP contribution in [0.2, 0.25) is 0 Å². The molecule has 1 aliphatic heterocycles. The van der Waals surface area contributed by atoms with E-state index in [4.69, 9.17) is 15.6 Å². The lowest BCUT2D eigenvalue weighted by Gasteiger charge is -2.37. The van der Waals surface area contributed by atoms with Gasteiger partial charge < -0.3 is 20.5 Å². The van der Waals surface area contributed by atoms with Crippen molar-refractivity contribution >= 4 is 5.91 Å². The molecule has 6 heteroatoms. The smallest absolute Gasteiger partial charge is 0.257 e. The van der Waals surface area contributed by atoms with Gasteiger partial charge in [-0.1, -0.05) is 0 Å². The van der Waals surface area contributed by atoms with Gasteiger partial charge in [0.1, 0.15) is 11.6 Å². The fraction of sp³-hybridized carbons (Fsp3) is 0.462. The second kappa shape index (κ2) is 5.54. The zero-order valence-corrected chi connectivity index (χ0v) is 10.7. The maximum Gasteiger partial charge on any atom is 0.257 e. The van der Waals surface area contributed by atoms with Gasteiger partial charge in [-0.05, 0) is 19.1 Å². The molecule has 1 heterocycles. The average Bonchev–Trinajstić information content (AvgIpc) is 2.38. The van der Waals surface area contributed by atoms with Crippen LogP contribution in [0.1, 0.15) is 17.3 Å². The molecule has 3 N–H and O–H groups in total. The molecule has 1 aliphatic rings. The second-order valence-corrected chi connectivity index (χ2v) is 4.66. The van der Waals surface area contributed by atoms with Crippen LogP contribution < -0.4 is 5.73 Å². The maximum atomic E-state index is 13.7. The first kappa shape index (κ1) is 13.8. The minimum Gasteiger partial charge on any atom is -0.508 e. The summed E-state index contributed by atoms with van der Waals surface area (Å²) in [6.45, 7) is 2.88. The van der Waals surface area contributed by atoms with Gasteiger partial charge in [0.05, 0.1) is 24.3 Å². The number of ether oxygens (including phenoxy) is 1. The molecule has 104 valence electrons. The van der Waals surface area contributed by atoms with Crippen LogP contribution in [-0.2, 0) is 4.74 Å². The van der Waals surface area contributed by atoms with Crippen molar-refractivity contribution in [1.29, 1.82) is 0 Å². The second-order valence-electron chi connectivity index (χ2n) is 4.66. The first-order chi connectivity index (χ1) is 9.02. The van der Waals surface area contributed by atoms with Crippen LogP contribution in [0.25, 0.3) is 0 Å². The highest BCUT2D eigenvalue weighted by atomic mass is 19.1. The van der Waals surface area contributed by atoms with E-state index in [2.05, 4.69) is 0 Å². The Morgan fingerprint density at radius 1 is 1.63 bits per heavy atom. The molecule has 1 aromatic rings. The Balaban J connectivity index is 2.22. The van der Waals surface area contributed by atoms with Crippen LogP contribution in [0.4, 0.5) is 4.39 Å². The number of carbonyl (C=O) groups excluding carboxylic acids is 1. The molecule has 0 aliphatic carbocycles. The Morgan fingerprint density at radius 3 is 3.00 bits per heavy atom. The fourth-order valence-electron chi connectivity index (χ4n) is 2.08. The van der Waals surface area contributed by atoms with E-state index in [1.165, 1.54) is 12.1 Å². The van der Waals surface area contributed by atoms with Crippen molar-refractivity contribution in [3.63, 3.8) is 0 Å². The van der Waals surface area contributed by atoms with Crippen molar-refractivity contribution in [2.24, 2.45) is 5.73 Å². The highest BCUT2D eigenvalue weighted by Gasteiger charge is 2.30. The molecule has 2 unspecified atom stereocenters. The highest BCUT2D eigenvalue weighted by Crippen LogP contribution is 2.20. The van der Waals surface area contributed by atoms with Crippen LogP contribution in [-0.4, -0.2) is 47.8 Å². The molecule has 0 aromatic heterocycles. The summed E-state index contributed by atoms with van der Waals surface area (Å²) < 4.78 is 19.2. The van der Waals surface area contributed by atoms with Crippen LogP contribution in [0, 0.1) is 5.82 Å². The standard InChI is InChI=1S/C13H17FN2O3/c1-8-7-19-10(5-15)6-16(8)13(18)11-3-2-9(17)4-12(11)14/h2-4,8,10,17H,5-7,15H2,1H3. The number of morpholine rings is 1. The lowest BCUT2D eigenvalue weighted by molar-refractivity contribution is -0.0427. The summed E-state index contributed by atoms with van der Waals surface area (Å²) in [5, 5.41) is 9.16. The molecule has 2 atom stereocenters. The zero-order chi connectivity index (χ0) is 14.0. The normalized spacial score (nSPS) is 23.4. The number of nitrogens with zero attached hydrogens (tertiary/aromatic N) is 1. The molecule has 19 heavy (non-hydrogen) atoms. The summed E-state index contributed by atoms with van der Waals surface area (Å²) in [4.78, 5) is 13.9. The van der Waals surface area contributed by atoms with Gasteiger partial charge in [-0.15, -0.1) is 0 Å². The molecule has 5 nitrogen and oxygen atoms in total. The van der Waals surface area contributed by atoms with Crippen molar-refractivity contribution in [2.45, 2.75) is 19.1 Å². The van der Waals surface area contributed by atoms with E-state index in [1.807, 2.05) is 6.92 Å². The number of benzene rings is 1. The van der Waals surface area contributed by atoms with Gasteiger partial charge in [0, 0.05) is 19.2 Å². The third-order valence-corrected chi connectivity index (χ3v) is 3.21. The third-order valence-electron chi connectivity index (χ3n) is 3.21. The summed E-state index contributed by atoms with van der Waals surface area (Å²) >= 11 is 0. The van der Waals surface area contributed by atoms with Gasteiger partial charge in [0.15, 0.2) is 0 Å². The Morgan fingerprint density at radius 2 is 2.37 bits per heavy atom. The molecule has 2 rings (SSSR count). The molecular weight excluding hydrogens is 251 g/mol.